The lowest BCUT2D eigenvalue weighted by atomic mass is 9.85. The van der Waals surface area contributed by atoms with Gasteiger partial charge in [0.2, 0.25) is 0 Å². The van der Waals surface area contributed by atoms with Crippen molar-refractivity contribution in [1.29, 1.82) is 0 Å². The molecule has 1 aromatic rings. The summed E-state index contributed by atoms with van der Waals surface area (Å²) in [6.45, 7) is 7.22. The molecular formula is C14H21NO. The maximum atomic E-state index is 9.53. The van der Waals surface area contributed by atoms with E-state index in [4.69, 9.17) is 5.73 Å². The van der Waals surface area contributed by atoms with E-state index in [-0.39, 0.29) is 17.4 Å². The molecule has 0 radical (unpaired) electrons. The first-order valence-corrected chi connectivity index (χ1v) is 5.88. The molecule has 2 unspecified atom stereocenters. The van der Waals surface area contributed by atoms with Crippen molar-refractivity contribution in [2.75, 3.05) is 13.2 Å². The minimum Gasteiger partial charge on any atom is -0.396 e. The van der Waals surface area contributed by atoms with E-state index in [2.05, 4.69) is 39.0 Å². The van der Waals surface area contributed by atoms with Crippen molar-refractivity contribution in [2.24, 2.45) is 11.1 Å². The molecule has 0 bridgehead atoms. The lowest BCUT2D eigenvalue weighted by Crippen LogP contribution is -2.28. The second-order valence-electron chi connectivity index (χ2n) is 5.47. The van der Waals surface area contributed by atoms with Crippen molar-refractivity contribution in [1.82, 2.24) is 0 Å². The van der Waals surface area contributed by atoms with Crippen molar-refractivity contribution in [3.05, 3.63) is 34.9 Å². The molecule has 0 aromatic heterocycles. The summed E-state index contributed by atoms with van der Waals surface area (Å²) in [4.78, 5) is 0. The van der Waals surface area contributed by atoms with Crippen LogP contribution in [0.3, 0.4) is 0 Å². The first kappa shape index (κ1) is 11.6. The molecule has 16 heavy (non-hydrogen) atoms. The van der Waals surface area contributed by atoms with E-state index >= 15 is 0 Å². The van der Waals surface area contributed by atoms with Crippen LogP contribution in [0.2, 0.25) is 0 Å². The largest absolute Gasteiger partial charge is 0.396 e. The van der Waals surface area contributed by atoms with Gasteiger partial charge in [-0.3, -0.25) is 0 Å². The van der Waals surface area contributed by atoms with Crippen molar-refractivity contribution < 1.29 is 5.11 Å². The van der Waals surface area contributed by atoms with Crippen LogP contribution in [0.5, 0.6) is 0 Å². The Morgan fingerprint density at radius 2 is 2.06 bits per heavy atom. The third-order valence-corrected chi connectivity index (χ3v) is 4.42. The summed E-state index contributed by atoms with van der Waals surface area (Å²) in [6.07, 6.45) is 0.997. The van der Waals surface area contributed by atoms with Crippen LogP contribution in [0.1, 0.15) is 30.0 Å². The number of hydrogen-bond donors (Lipinski definition) is 2. The Morgan fingerprint density at radius 1 is 1.38 bits per heavy atom. The number of aliphatic hydroxyl groups is 1. The number of aliphatic hydroxyl groups excluding tert-OH is 1. The predicted molar refractivity (Wildman–Crippen MR) is 66.5 cm³/mol. The normalized spacial score (nSPS) is 32.8. The third kappa shape index (κ3) is 1.40. The summed E-state index contributed by atoms with van der Waals surface area (Å²) in [7, 11) is 0. The number of nitrogens with two attached hydrogens (primary N) is 1. The Kier molecular flexibility index (Phi) is 2.59. The zero-order valence-corrected chi connectivity index (χ0v) is 10.4. The van der Waals surface area contributed by atoms with Gasteiger partial charge >= 0.3 is 0 Å². The smallest absolute Gasteiger partial charge is 0.0508 e. The molecule has 0 amide bonds. The summed E-state index contributed by atoms with van der Waals surface area (Å²) in [6, 6.07) is 6.53. The van der Waals surface area contributed by atoms with Gasteiger partial charge in [-0.25, -0.2) is 0 Å². The van der Waals surface area contributed by atoms with Crippen molar-refractivity contribution in [2.45, 2.75) is 32.6 Å². The number of rotatable bonds is 3. The van der Waals surface area contributed by atoms with Crippen LogP contribution in [-0.2, 0) is 5.41 Å². The lowest BCUT2D eigenvalue weighted by molar-refractivity contribution is 0.198. The molecule has 2 heteroatoms. The lowest BCUT2D eigenvalue weighted by Gasteiger charge is -2.22. The molecule has 1 saturated carbocycles. The van der Waals surface area contributed by atoms with Gasteiger partial charge in [0.1, 0.15) is 0 Å². The SMILES string of the molecule is Cc1ccc(C)c(C2(C)CC2(CN)CO)c1. The van der Waals surface area contributed by atoms with Crippen LogP contribution in [-0.4, -0.2) is 18.3 Å². The quantitative estimate of drug-likeness (QED) is 0.815. The van der Waals surface area contributed by atoms with Gasteiger partial charge in [0.05, 0.1) is 6.61 Å². The van der Waals surface area contributed by atoms with Crippen LogP contribution < -0.4 is 5.73 Å². The molecule has 0 spiro atoms. The van der Waals surface area contributed by atoms with Crippen molar-refractivity contribution in [3.63, 3.8) is 0 Å². The van der Waals surface area contributed by atoms with Crippen molar-refractivity contribution in [3.8, 4) is 0 Å². The molecule has 0 heterocycles. The standard InChI is InChI=1S/C14H21NO/c1-10-4-5-11(2)12(6-10)13(3)7-14(13,8-15)9-16/h4-6,16H,7-9,15H2,1-3H3. The zero-order chi connectivity index (χ0) is 12.0. The zero-order valence-electron chi connectivity index (χ0n) is 10.4. The van der Waals surface area contributed by atoms with E-state index in [1.807, 2.05) is 0 Å². The average Bonchev–Trinajstić information content (AvgIpc) is 2.90. The topological polar surface area (TPSA) is 46.2 Å². The fraction of sp³-hybridized carbons (Fsp3) is 0.571. The van der Waals surface area contributed by atoms with Gasteiger partial charge in [0, 0.05) is 17.4 Å². The molecule has 0 aliphatic heterocycles. The highest BCUT2D eigenvalue weighted by molar-refractivity contribution is 5.44. The van der Waals surface area contributed by atoms with Crippen LogP contribution in [0, 0.1) is 19.3 Å². The van der Waals surface area contributed by atoms with E-state index in [1.54, 1.807) is 0 Å². The van der Waals surface area contributed by atoms with E-state index in [0.717, 1.165) is 6.42 Å². The molecule has 2 nitrogen and oxygen atoms in total. The summed E-state index contributed by atoms with van der Waals surface area (Å²) >= 11 is 0. The molecule has 1 fully saturated rings. The van der Waals surface area contributed by atoms with E-state index < -0.39 is 0 Å². The fourth-order valence-corrected chi connectivity index (χ4v) is 2.94. The summed E-state index contributed by atoms with van der Waals surface area (Å²) in [5, 5.41) is 9.53. The van der Waals surface area contributed by atoms with Gasteiger partial charge in [-0.15, -0.1) is 0 Å². The van der Waals surface area contributed by atoms with Gasteiger partial charge in [-0.1, -0.05) is 30.7 Å². The fourth-order valence-electron chi connectivity index (χ4n) is 2.94. The van der Waals surface area contributed by atoms with Gasteiger partial charge in [0.25, 0.3) is 0 Å². The van der Waals surface area contributed by atoms with Crippen LogP contribution in [0.25, 0.3) is 0 Å². The Hall–Kier alpha value is -0.860. The molecule has 2 rings (SSSR count). The Labute approximate surface area is 97.5 Å². The first-order chi connectivity index (χ1) is 7.49. The highest BCUT2D eigenvalue weighted by Crippen LogP contribution is 2.64. The maximum Gasteiger partial charge on any atom is 0.0508 e. The van der Waals surface area contributed by atoms with Gasteiger partial charge in [0.15, 0.2) is 0 Å². The predicted octanol–water partition coefficient (Wildman–Crippen LogP) is 1.90. The molecule has 1 aliphatic rings. The second-order valence-corrected chi connectivity index (χ2v) is 5.47. The number of benzene rings is 1. The van der Waals surface area contributed by atoms with Gasteiger partial charge in [-0.05, 0) is 31.4 Å². The van der Waals surface area contributed by atoms with E-state index in [9.17, 15) is 5.11 Å². The Morgan fingerprint density at radius 3 is 2.56 bits per heavy atom. The molecular weight excluding hydrogens is 198 g/mol. The van der Waals surface area contributed by atoms with E-state index in [0.29, 0.717) is 6.54 Å². The summed E-state index contributed by atoms with van der Waals surface area (Å²) in [5.41, 5.74) is 9.72. The highest BCUT2D eigenvalue weighted by atomic mass is 16.3. The van der Waals surface area contributed by atoms with Gasteiger partial charge in [-0.2, -0.15) is 0 Å². The molecule has 2 atom stereocenters. The van der Waals surface area contributed by atoms with Crippen LogP contribution in [0.4, 0.5) is 0 Å². The first-order valence-electron chi connectivity index (χ1n) is 5.88. The number of aryl methyl sites for hydroxylation is 2. The summed E-state index contributed by atoms with van der Waals surface area (Å²) < 4.78 is 0. The molecule has 88 valence electrons. The highest BCUT2D eigenvalue weighted by Gasteiger charge is 2.64. The van der Waals surface area contributed by atoms with E-state index in [1.165, 1.54) is 16.7 Å². The summed E-state index contributed by atoms with van der Waals surface area (Å²) in [5.74, 6) is 0. The number of hydrogen-bond acceptors (Lipinski definition) is 2. The average molecular weight is 219 g/mol. The van der Waals surface area contributed by atoms with Gasteiger partial charge < -0.3 is 10.8 Å². The third-order valence-electron chi connectivity index (χ3n) is 4.42. The Bertz CT molecular complexity index is 409. The monoisotopic (exact) mass is 219 g/mol. The van der Waals surface area contributed by atoms with Crippen LogP contribution >= 0.6 is 0 Å². The minimum atomic E-state index is -0.0917. The molecule has 3 N–H and O–H groups in total. The molecule has 1 aliphatic carbocycles. The van der Waals surface area contributed by atoms with Crippen LogP contribution in [0.15, 0.2) is 18.2 Å². The van der Waals surface area contributed by atoms with Crippen molar-refractivity contribution >= 4 is 0 Å². The minimum absolute atomic E-state index is 0.0621. The molecule has 1 aromatic carbocycles. The second kappa shape index (κ2) is 3.57. The molecule has 0 saturated heterocycles. The maximum absolute atomic E-state index is 9.53. The Balaban J connectivity index is 2.43.